The molecule has 316 valence electrons. The molecule has 0 aliphatic carbocycles. The summed E-state index contributed by atoms with van der Waals surface area (Å²) in [6.45, 7) is 4.16. The standard InChI is InChI=1S/C44H82NO8P/c1-6-8-10-12-14-16-18-20-22-24-26-28-30-32-34-36-43(46)50-40-42(41-52-54(48,49)51-39-38-45(3,4)5)53-44(47)37-35-33-31-29-27-25-23-21-19-17-15-13-11-9-7-2/h14,16,20,22,26,28,42H,6-13,15,17-19,21,23-25,27,29-41H2,1-5H3/b16-14+,22-20+,28-26+/t42-/m1/s1. The van der Waals surface area contributed by atoms with Crippen LogP contribution in [0, 0.1) is 0 Å². The Bertz CT molecular complexity index is 1020. The summed E-state index contributed by atoms with van der Waals surface area (Å²) >= 11 is 0. The lowest BCUT2D eigenvalue weighted by atomic mass is 10.0. The monoisotopic (exact) mass is 784 g/mol. The molecule has 0 N–H and O–H groups in total. The minimum atomic E-state index is -4.63. The molecule has 0 aromatic rings. The van der Waals surface area contributed by atoms with Crippen molar-refractivity contribution in [2.45, 2.75) is 187 Å². The van der Waals surface area contributed by atoms with Crippen molar-refractivity contribution in [1.82, 2.24) is 0 Å². The minimum absolute atomic E-state index is 0.0361. The number of hydrogen-bond acceptors (Lipinski definition) is 8. The summed E-state index contributed by atoms with van der Waals surface area (Å²) in [4.78, 5) is 37.5. The van der Waals surface area contributed by atoms with Crippen LogP contribution in [0.1, 0.15) is 181 Å². The molecule has 0 aliphatic rings. The first-order chi connectivity index (χ1) is 26.0. The third kappa shape index (κ3) is 39.9. The van der Waals surface area contributed by atoms with E-state index in [0.29, 0.717) is 23.9 Å². The lowest BCUT2D eigenvalue weighted by Crippen LogP contribution is -2.37. The Morgan fingerprint density at radius 2 is 1.00 bits per heavy atom. The molecule has 0 bridgehead atoms. The van der Waals surface area contributed by atoms with E-state index in [9.17, 15) is 19.0 Å². The summed E-state index contributed by atoms with van der Waals surface area (Å²) in [6, 6.07) is 0. The van der Waals surface area contributed by atoms with E-state index >= 15 is 0 Å². The zero-order chi connectivity index (χ0) is 40.0. The van der Waals surface area contributed by atoms with Crippen molar-refractivity contribution in [3.05, 3.63) is 36.5 Å². The molecular formula is C44H82NO8P. The van der Waals surface area contributed by atoms with Crippen LogP contribution in [0.2, 0.25) is 0 Å². The smallest absolute Gasteiger partial charge is 0.306 e. The summed E-state index contributed by atoms with van der Waals surface area (Å²) < 4.78 is 33.8. The second-order valence-electron chi connectivity index (χ2n) is 15.7. The predicted octanol–water partition coefficient (Wildman–Crippen LogP) is 11.5. The van der Waals surface area contributed by atoms with E-state index < -0.39 is 32.5 Å². The minimum Gasteiger partial charge on any atom is -0.756 e. The number of likely N-dealkylation sites (N-methyl/N-ethyl adjacent to an activating group) is 1. The van der Waals surface area contributed by atoms with Crippen molar-refractivity contribution in [3.63, 3.8) is 0 Å². The number of quaternary nitrogens is 1. The number of phosphoric acid groups is 1. The number of carbonyl (C=O) groups is 2. The Balaban J connectivity index is 4.42. The molecule has 0 saturated carbocycles. The molecule has 0 aliphatic heterocycles. The van der Waals surface area contributed by atoms with Crippen LogP contribution in [0.3, 0.4) is 0 Å². The summed E-state index contributed by atoms with van der Waals surface area (Å²) in [5.41, 5.74) is 0. The zero-order valence-electron chi connectivity index (χ0n) is 35.4. The van der Waals surface area contributed by atoms with Crippen LogP contribution in [0.25, 0.3) is 0 Å². The number of allylic oxidation sites excluding steroid dienone is 6. The number of unbranched alkanes of at least 4 members (excludes halogenated alkanes) is 19. The molecule has 0 aromatic carbocycles. The lowest BCUT2D eigenvalue weighted by Gasteiger charge is -2.28. The maximum absolute atomic E-state index is 12.7. The molecule has 0 saturated heterocycles. The highest BCUT2D eigenvalue weighted by atomic mass is 31.2. The largest absolute Gasteiger partial charge is 0.756 e. The van der Waals surface area contributed by atoms with E-state index in [4.69, 9.17) is 18.5 Å². The van der Waals surface area contributed by atoms with Crippen LogP contribution < -0.4 is 4.89 Å². The fraction of sp³-hybridized carbons (Fsp3) is 0.818. The van der Waals surface area contributed by atoms with Gasteiger partial charge < -0.3 is 27.9 Å². The van der Waals surface area contributed by atoms with Crippen LogP contribution >= 0.6 is 7.82 Å². The topological polar surface area (TPSA) is 111 Å². The number of esters is 2. The molecule has 0 radical (unpaired) electrons. The van der Waals surface area contributed by atoms with Gasteiger partial charge >= 0.3 is 11.9 Å². The van der Waals surface area contributed by atoms with E-state index in [1.807, 2.05) is 21.1 Å². The molecular weight excluding hydrogens is 701 g/mol. The molecule has 10 heteroatoms. The summed E-state index contributed by atoms with van der Waals surface area (Å²) in [5.74, 6) is -0.876. The highest BCUT2D eigenvalue weighted by Crippen LogP contribution is 2.38. The fourth-order valence-corrected chi connectivity index (χ4v) is 6.45. The molecule has 9 nitrogen and oxygen atoms in total. The van der Waals surface area contributed by atoms with Crippen LogP contribution in [0.15, 0.2) is 36.5 Å². The van der Waals surface area contributed by atoms with Gasteiger partial charge in [0.2, 0.25) is 0 Å². The van der Waals surface area contributed by atoms with Crippen LogP contribution in [-0.4, -0.2) is 70.0 Å². The molecule has 0 heterocycles. The zero-order valence-corrected chi connectivity index (χ0v) is 36.3. The highest BCUT2D eigenvalue weighted by Gasteiger charge is 2.21. The lowest BCUT2D eigenvalue weighted by molar-refractivity contribution is -0.870. The van der Waals surface area contributed by atoms with Crippen molar-refractivity contribution in [3.8, 4) is 0 Å². The van der Waals surface area contributed by atoms with Crippen molar-refractivity contribution >= 4 is 19.8 Å². The van der Waals surface area contributed by atoms with Gasteiger partial charge in [-0.15, -0.1) is 0 Å². The van der Waals surface area contributed by atoms with Gasteiger partial charge in [0.1, 0.15) is 19.8 Å². The van der Waals surface area contributed by atoms with Gasteiger partial charge in [0.15, 0.2) is 6.10 Å². The third-order valence-corrected chi connectivity index (χ3v) is 10.1. The van der Waals surface area contributed by atoms with Crippen LogP contribution in [0.5, 0.6) is 0 Å². The van der Waals surface area contributed by atoms with Gasteiger partial charge in [-0.3, -0.25) is 14.2 Å². The second kappa shape index (κ2) is 36.8. The van der Waals surface area contributed by atoms with Crippen LogP contribution in [-0.2, 0) is 32.7 Å². The SMILES string of the molecule is CCCCC/C=C/C/C=C/C/C=C/CCCCC(=O)OC[C@H](COP(=O)([O-])OCC[N+](C)(C)C)OC(=O)CCCCCCCCCCCCCCCCC. The maximum atomic E-state index is 12.7. The number of phosphoric ester groups is 1. The second-order valence-corrected chi connectivity index (χ2v) is 17.1. The fourth-order valence-electron chi connectivity index (χ4n) is 5.72. The van der Waals surface area contributed by atoms with Gasteiger partial charge in [0.05, 0.1) is 27.7 Å². The normalized spacial score (nSPS) is 14.0. The Labute approximate surface area is 331 Å². The molecule has 0 spiro atoms. The van der Waals surface area contributed by atoms with Gasteiger partial charge in [-0.25, -0.2) is 0 Å². The summed E-state index contributed by atoms with van der Waals surface area (Å²) in [7, 11) is 1.15. The number of nitrogens with zero attached hydrogens (tertiary/aromatic N) is 1. The van der Waals surface area contributed by atoms with Crippen LogP contribution in [0.4, 0.5) is 0 Å². The quantitative estimate of drug-likeness (QED) is 0.0199. The third-order valence-electron chi connectivity index (χ3n) is 9.16. The van der Waals surface area contributed by atoms with Crippen molar-refractivity contribution in [1.29, 1.82) is 0 Å². The highest BCUT2D eigenvalue weighted by molar-refractivity contribution is 7.45. The molecule has 2 atom stereocenters. The number of rotatable bonds is 39. The molecule has 0 amide bonds. The Hall–Kier alpha value is -1.77. The molecule has 0 aromatic heterocycles. The van der Waals surface area contributed by atoms with Gasteiger partial charge in [-0.2, -0.15) is 0 Å². The van der Waals surface area contributed by atoms with Crippen molar-refractivity contribution in [2.24, 2.45) is 0 Å². The Morgan fingerprint density at radius 3 is 1.52 bits per heavy atom. The van der Waals surface area contributed by atoms with E-state index in [-0.39, 0.29) is 26.1 Å². The first kappa shape index (κ1) is 52.2. The van der Waals surface area contributed by atoms with E-state index in [1.165, 1.54) is 89.9 Å². The van der Waals surface area contributed by atoms with E-state index in [1.54, 1.807) is 0 Å². The molecule has 0 fully saturated rings. The first-order valence-electron chi connectivity index (χ1n) is 21.7. The number of ether oxygens (including phenoxy) is 2. The van der Waals surface area contributed by atoms with Gasteiger partial charge in [0, 0.05) is 12.8 Å². The Kier molecular flexibility index (Phi) is 35.6. The number of carbonyl (C=O) groups excluding carboxylic acids is 2. The summed E-state index contributed by atoms with van der Waals surface area (Å²) in [6.07, 6.45) is 40.2. The van der Waals surface area contributed by atoms with E-state index in [2.05, 4.69) is 50.3 Å². The van der Waals surface area contributed by atoms with Gasteiger partial charge in [-0.1, -0.05) is 153 Å². The van der Waals surface area contributed by atoms with E-state index in [0.717, 1.165) is 51.4 Å². The first-order valence-corrected chi connectivity index (χ1v) is 23.2. The van der Waals surface area contributed by atoms with Crippen molar-refractivity contribution < 1.29 is 42.1 Å². The molecule has 0 rings (SSSR count). The summed E-state index contributed by atoms with van der Waals surface area (Å²) in [5, 5.41) is 0. The van der Waals surface area contributed by atoms with Crippen molar-refractivity contribution in [2.75, 3.05) is 47.5 Å². The average Bonchev–Trinajstić information content (AvgIpc) is 3.12. The Morgan fingerprint density at radius 1 is 0.574 bits per heavy atom. The number of hydrogen-bond donors (Lipinski definition) is 0. The average molecular weight is 784 g/mol. The maximum Gasteiger partial charge on any atom is 0.306 e. The molecule has 1 unspecified atom stereocenters. The molecule has 54 heavy (non-hydrogen) atoms. The van der Waals surface area contributed by atoms with Gasteiger partial charge in [-0.05, 0) is 51.4 Å². The van der Waals surface area contributed by atoms with Gasteiger partial charge in [0.25, 0.3) is 7.82 Å². The predicted molar refractivity (Wildman–Crippen MR) is 222 cm³/mol.